The molecular weight excluding hydrogens is 350 g/mol. The Morgan fingerprint density at radius 2 is 1.65 bits per heavy atom. The van der Waals surface area contributed by atoms with Gasteiger partial charge >= 0.3 is 0 Å². The second-order valence-corrected chi connectivity index (χ2v) is 6.04. The molecule has 0 amide bonds. The molecule has 0 spiro atoms. The zero-order valence-electron chi connectivity index (χ0n) is 14.3. The normalized spacial score (nSPS) is 10.2. The number of ether oxygens (including phenoxy) is 2. The molecule has 0 saturated heterocycles. The van der Waals surface area contributed by atoms with E-state index in [0.29, 0.717) is 27.6 Å². The van der Waals surface area contributed by atoms with Crippen molar-refractivity contribution < 1.29 is 14.6 Å². The van der Waals surface area contributed by atoms with E-state index in [1.807, 2.05) is 12.1 Å². The van der Waals surface area contributed by atoms with E-state index in [2.05, 4.69) is 6.07 Å². The fourth-order valence-corrected chi connectivity index (χ4v) is 3.08. The largest absolute Gasteiger partial charge is 0.508 e. The van der Waals surface area contributed by atoms with Crippen molar-refractivity contribution in [1.29, 1.82) is 5.26 Å². The van der Waals surface area contributed by atoms with Crippen molar-refractivity contribution in [3.05, 3.63) is 65.2 Å². The average Bonchev–Trinajstić information content (AvgIpc) is 2.67. The van der Waals surface area contributed by atoms with Gasteiger partial charge in [-0.15, -0.1) is 0 Å². The zero-order valence-corrected chi connectivity index (χ0v) is 15.0. The molecule has 0 fully saturated rings. The van der Waals surface area contributed by atoms with Crippen molar-refractivity contribution in [3.8, 4) is 45.6 Å². The maximum Gasteiger partial charge on any atom is 0.130 e. The van der Waals surface area contributed by atoms with Crippen molar-refractivity contribution in [2.75, 3.05) is 14.2 Å². The third-order valence-electron chi connectivity index (χ3n) is 4.08. The molecular formula is C21H16ClNO3. The fourth-order valence-electron chi connectivity index (χ4n) is 2.86. The highest BCUT2D eigenvalue weighted by atomic mass is 35.5. The summed E-state index contributed by atoms with van der Waals surface area (Å²) in [6.07, 6.45) is 0. The van der Waals surface area contributed by atoms with E-state index >= 15 is 0 Å². The lowest BCUT2D eigenvalue weighted by atomic mass is 9.90. The van der Waals surface area contributed by atoms with Crippen LogP contribution in [0.2, 0.25) is 5.02 Å². The van der Waals surface area contributed by atoms with Crippen LogP contribution in [0.1, 0.15) is 5.56 Å². The minimum atomic E-state index is 0.167. The van der Waals surface area contributed by atoms with Gasteiger partial charge in [-0.1, -0.05) is 23.7 Å². The van der Waals surface area contributed by atoms with E-state index in [4.69, 9.17) is 21.1 Å². The van der Waals surface area contributed by atoms with E-state index in [0.717, 1.165) is 16.7 Å². The van der Waals surface area contributed by atoms with Crippen molar-refractivity contribution in [2.45, 2.75) is 0 Å². The summed E-state index contributed by atoms with van der Waals surface area (Å²) in [5.74, 6) is 1.41. The van der Waals surface area contributed by atoms with E-state index in [1.165, 1.54) is 0 Å². The zero-order chi connectivity index (χ0) is 18.7. The average molecular weight is 366 g/mol. The van der Waals surface area contributed by atoms with E-state index in [1.54, 1.807) is 56.7 Å². The van der Waals surface area contributed by atoms with Crippen LogP contribution >= 0.6 is 11.6 Å². The molecule has 3 aromatic rings. The summed E-state index contributed by atoms with van der Waals surface area (Å²) in [4.78, 5) is 0. The molecule has 0 heterocycles. The van der Waals surface area contributed by atoms with E-state index < -0.39 is 0 Å². The minimum absolute atomic E-state index is 0.167. The molecule has 0 unspecified atom stereocenters. The highest BCUT2D eigenvalue weighted by Gasteiger charge is 2.18. The Bertz CT molecular complexity index is 991. The van der Waals surface area contributed by atoms with Gasteiger partial charge in [-0.25, -0.2) is 0 Å². The molecule has 0 aromatic heterocycles. The number of hydrogen-bond donors (Lipinski definition) is 1. The summed E-state index contributed by atoms with van der Waals surface area (Å²) in [5.41, 5.74) is 3.50. The van der Waals surface area contributed by atoms with Crippen LogP contribution in [0.4, 0.5) is 0 Å². The number of nitrogens with zero attached hydrogens (tertiary/aromatic N) is 1. The number of phenols is 1. The minimum Gasteiger partial charge on any atom is -0.508 e. The molecule has 130 valence electrons. The van der Waals surface area contributed by atoms with Crippen LogP contribution in [-0.2, 0) is 0 Å². The fraction of sp³-hybridized carbons (Fsp3) is 0.0952. The lowest BCUT2D eigenvalue weighted by Crippen LogP contribution is -1.95. The molecule has 3 aromatic carbocycles. The maximum atomic E-state index is 9.67. The van der Waals surface area contributed by atoms with Gasteiger partial charge in [-0.05, 0) is 47.5 Å². The molecule has 4 nitrogen and oxygen atoms in total. The summed E-state index contributed by atoms with van der Waals surface area (Å²) in [6, 6.07) is 17.8. The first-order valence-electron chi connectivity index (χ1n) is 7.83. The van der Waals surface area contributed by atoms with Crippen molar-refractivity contribution >= 4 is 11.6 Å². The summed E-state index contributed by atoms with van der Waals surface area (Å²) < 4.78 is 10.8. The van der Waals surface area contributed by atoms with Gasteiger partial charge in [0.2, 0.25) is 0 Å². The van der Waals surface area contributed by atoms with Crippen molar-refractivity contribution in [1.82, 2.24) is 0 Å². The van der Waals surface area contributed by atoms with Gasteiger partial charge in [0.1, 0.15) is 17.2 Å². The van der Waals surface area contributed by atoms with Crippen molar-refractivity contribution in [2.24, 2.45) is 0 Å². The van der Waals surface area contributed by atoms with Gasteiger partial charge in [0.15, 0.2) is 0 Å². The lowest BCUT2D eigenvalue weighted by molar-refractivity contribution is 0.395. The Labute approximate surface area is 156 Å². The second-order valence-electron chi connectivity index (χ2n) is 5.60. The van der Waals surface area contributed by atoms with Crippen LogP contribution < -0.4 is 9.47 Å². The molecule has 0 radical (unpaired) electrons. The molecule has 26 heavy (non-hydrogen) atoms. The summed E-state index contributed by atoms with van der Waals surface area (Å²) in [5, 5.41) is 19.7. The van der Waals surface area contributed by atoms with Crippen LogP contribution in [0, 0.1) is 11.3 Å². The topological polar surface area (TPSA) is 62.5 Å². The molecule has 0 aliphatic heterocycles. The number of rotatable bonds is 4. The Morgan fingerprint density at radius 1 is 0.923 bits per heavy atom. The molecule has 0 saturated carbocycles. The predicted molar refractivity (Wildman–Crippen MR) is 102 cm³/mol. The van der Waals surface area contributed by atoms with Gasteiger partial charge in [0, 0.05) is 22.2 Å². The number of nitriles is 1. The summed E-state index contributed by atoms with van der Waals surface area (Å²) in [6.45, 7) is 0. The van der Waals surface area contributed by atoms with Crippen LogP contribution in [0.5, 0.6) is 17.2 Å². The number of aromatic hydroxyl groups is 1. The predicted octanol–water partition coefficient (Wildman–Crippen LogP) is 5.27. The Hall–Kier alpha value is -3.16. The highest BCUT2D eigenvalue weighted by molar-refractivity contribution is 6.31. The molecule has 3 rings (SSSR count). The van der Waals surface area contributed by atoms with E-state index in [-0.39, 0.29) is 5.75 Å². The lowest BCUT2D eigenvalue weighted by Gasteiger charge is -2.16. The monoisotopic (exact) mass is 365 g/mol. The first kappa shape index (κ1) is 17.7. The standard InChI is InChI=1S/C21H16ClNO3/c1-25-17-7-8-18(20(11-17)26-2)21-14(12-23)9-15(22)10-19(21)13-3-5-16(24)6-4-13/h3-11,24H,1-2H3. The first-order chi connectivity index (χ1) is 12.6. The summed E-state index contributed by atoms with van der Waals surface area (Å²) in [7, 11) is 3.15. The maximum absolute atomic E-state index is 9.67. The number of phenolic OH excluding ortho intramolecular Hbond substituents is 1. The molecule has 5 heteroatoms. The smallest absolute Gasteiger partial charge is 0.130 e. The number of methoxy groups -OCH3 is 2. The van der Waals surface area contributed by atoms with Gasteiger partial charge in [0.25, 0.3) is 0 Å². The summed E-state index contributed by atoms with van der Waals surface area (Å²) >= 11 is 6.24. The number of benzene rings is 3. The third-order valence-corrected chi connectivity index (χ3v) is 4.30. The molecule has 0 atom stereocenters. The SMILES string of the molecule is COc1ccc(-c2c(C#N)cc(Cl)cc2-c2ccc(O)cc2)c(OC)c1. The molecule has 1 N–H and O–H groups in total. The Morgan fingerprint density at radius 3 is 2.27 bits per heavy atom. The van der Waals surface area contributed by atoms with Crippen molar-refractivity contribution in [3.63, 3.8) is 0 Å². The van der Waals surface area contributed by atoms with Gasteiger partial charge in [0.05, 0.1) is 25.9 Å². The Balaban J connectivity index is 2.33. The van der Waals surface area contributed by atoms with Gasteiger partial charge in [-0.3, -0.25) is 0 Å². The second kappa shape index (κ2) is 7.38. The number of halogens is 1. The Kier molecular flexibility index (Phi) is 5.01. The van der Waals surface area contributed by atoms with Crippen LogP contribution in [0.25, 0.3) is 22.3 Å². The number of hydrogen-bond acceptors (Lipinski definition) is 4. The van der Waals surface area contributed by atoms with Crippen LogP contribution in [-0.4, -0.2) is 19.3 Å². The van der Waals surface area contributed by atoms with Crippen LogP contribution in [0.3, 0.4) is 0 Å². The third kappa shape index (κ3) is 3.30. The molecule has 0 aliphatic carbocycles. The molecule has 0 bridgehead atoms. The highest BCUT2D eigenvalue weighted by Crippen LogP contribution is 2.42. The van der Waals surface area contributed by atoms with E-state index in [9.17, 15) is 10.4 Å². The van der Waals surface area contributed by atoms with Gasteiger partial charge < -0.3 is 14.6 Å². The van der Waals surface area contributed by atoms with Gasteiger partial charge in [-0.2, -0.15) is 5.26 Å². The quantitative estimate of drug-likeness (QED) is 0.684. The molecule has 0 aliphatic rings. The first-order valence-corrected chi connectivity index (χ1v) is 8.20. The van der Waals surface area contributed by atoms with Crippen LogP contribution in [0.15, 0.2) is 54.6 Å².